The van der Waals surface area contributed by atoms with Crippen LogP contribution in [0.15, 0.2) is 89.3 Å². The zero-order chi connectivity index (χ0) is 25.1. The van der Waals surface area contributed by atoms with Crippen molar-refractivity contribution < 1.29 is 13.8 Å². The summed E-state index contributed by atoms with van der Waals surface area (Å²) in [6, 6.07) is 29.4. The van der Waals surface area contributed by atoms with Gasteiger partial charge >= 0.3 is 7.48 Å². The molecule has 179 valence electrons. The molecule has 0 aliphatic heterocycles. The number of rotatable bonds is 6. The first-order valence-electron chi connectivity index (χ1n) is 12.3. The lowest BCUT2D eigenvalue weighted by atomic mass is 9.81. The highest BCUT2D eigenvalue weighted by Crippen LogP contribution is 2.38. The monoisotopic (exact) mass is 474 g/mol. The first-order chi connectivity index (χ1) is 17.3. The van der Waals surface area contributed by atoms with Gasteiger partial charge in [0.2, 0.25) is 0 Å². The number of ether oxygens (including phenoxy) is 1. The lowest BCUT2D eigenvalue weighted by molar-refractivity contribution is -0.114. The molecule has 0 fully saturated rings. The minimum absolute atomic E-state index is 0.467. The molecule has 0 unspecified atom stereocenters. The maximum atomic E-state index is 6.43. The average Bonchev–Trinajstić information content (AvgIpc) is 3.43. The van der Waals surface area contributed by atoms with E-state index in [4.69, 9.17) is 13.8 Å². The van der Waals surface area contributed by atoms with Gasteiger partial charge in [-0.05, 0) is 57.4 Å². The molecule has 2 aromatic heterocycles. The molecule has 0 amide bonds. The zero-order valence-corrected chi connectivity index (χ0v) is 21.3. The maximum absolute atomic E-state index is 6.43. The van der Waals surface area contributed by atoms with Crippen LogP contribution in [0.3, 0.4) is 0 Å². The molecule has 2 heterocycles. The number of para-hydroxylation sites is 3. The topological polar surface area (TPSA) is 36.5 Å². The quantitative estimate of drug-likeness (QED) is 0.241. The Balaban J connectivity index is 1.63. The predicted molar refractivity (Wildman–Crippen MR) is 150 cm³/mol. The van der Waals surface area contributed by atoms with Crippen molar-refractivity contribution in [2.45, 2.75) is 38.9 Å². The van der Waals surface area contributed by atoms with Crippen LogP contribution in [0, 0.1) is 0 Å². The van der Waals surface area contributed by atoms with Crippen LogP contribution in [-0.2, 0) is 9.39 Å². The summed E-state index contributed by atoms with van der Waals surface area (Å²) >= 11 is 0. The van der Waals surface area contributed by atoms with Gasteiger partial charge in [-0.15, -0.1) is 0 Å². The van der Waals surface area contributed by atoms with Gasteiger partial charge in [-0.3, -0.25) is 0 Å². The van der Waals surface area contributed by atoms with E-state index in [1.54, 1.807) is 7.11 Å². The second kappa shape index (κ2) is 8.26. The molecular weight excluding hydrogens is 445 g/mol. The molecule has 4 nitrogen and oxygen atoms in total. The molecule has 0 aliphatic carbocycles. The van der Waals surface area contributed by atoms with E-state index in [-0.39, 0.29) is 0 Å². The van der Waals surface area contributed by atoms with Gasteiger partial charge in [-0.2, -0.15) is 0 Å². The van der Waals surface area contributed by atoms with Crippen LogP contribution in [-0.4, -0.2) is 30.4 Å². The third kappa shape index (κ3) is 3.38. The first-order valence-corrected chi connectivity index (χ1v) is 12.3. The van der Waals surface area contributed by atoms with Crippen LogP contribution in [0.5, 0.6) is 0 Å². The maximum Gasteiger partial charge on any atom is 0.333 e. The Kier molecular flexibility index (Phi) is 5.25. The van der Waals surface area contributed by atoms with Crippen LogP contribution in [0.1, 0.15) is 27.7 Å². The molecule has 6 rings (SSSR count). The smallest absolute Gasteiger partial charge is 0.333 e. The van der Waals surface area contributed by atoms with Gasteiger partial charge in [0, 0.05) is 23.3 Å². The van der Waals surface area contributed by atoms with E-state index in [1.165, 1.54) is 10.8 Å². The Morgan fingerprint density at radius 1 is 0.694 bits per heavy atom. The van der Waals surface area contributed by atoms with Crippen LogP contribution in [0.25, 0.3) is 49.4 Å². The summed E-state index contributed by atoms with van der Waals surface area (Å²) in [5, 5.41) is 4.59. The summed E-state index contributed by atoms with van der Waals surface area (Å²) in [4.78, 5) is 0. The average molecular weight is 474 g/mol. The van der Waals surface area contributed by atoms with E-state index in [9.17, 15) is 0 Å². The fourth-order valence-corrected chi connectivity index (χ4v) is 4.93. The van der Waals surface area contributed by atoms with Crippen molar-refractivity contribution in [3.63, 3.8) is 0 Å². The van der Waals surface area contributed by atoms with Crippen molar-refractivity contribution in [2.75, 3.05) is 7.11 Å². The van der Waals surface area contributed by atoms with Gasteiger partial charge in [0.1, 0.15) is 11.2 Å². The molecule has 0 saturated heterocycles. The highest BCUT2D eigenvalue weighted by atomic mass is 16.5. The number of aromatic nitrogens is 1. The standard InChI is InChI=1S/C31H29BNO3/c1-30(2,34-5)31(3,4)36-32-23-15-10-14-21-20-12-6-8-16-24(20)33(29(21)23)25-17-11-19-27-28(25)22-13-7-9-18-26(22)35-27/h6-19H,1-5H3. The highest BCUT2D eigenvalue weighted by molar-refractivity contribution is 6.52. The van der Waals surface area contributed by atoms with Crippen molar-refractivity contribution >= 4 is 56.7 Å². The number of benzene rings is 4. The molecular formula is C31H29BNO3. The lowest BCUT2D eigenvalue weighted by Crippen LogP contribution is -2.50. The van der Waals surface area contributed by atoms with Gasteiger partial charge in [0.15, 0.2) is 0 Å². The van der Waals surface area contributed by atoms with Crippen molar-refractivity contribution in [3.8, 4) is 5.69 Å². The van der Waals surface area contributed by atoms with E-state index in [0.717, 1.165) is 44.1 Å². The fraction of sp³-hybridized carbons (Fsp3) is 0.226. The van der Waals surface area contributed by atoms with Crippen LogP contribution < -0.4 is 5.46 Å². The number of fused-ring (bicyclic) bond motifs is 6. The number of hydrogen-bond donors (Lipinski definition) is 0. The lowest BCUT2D eigenvalue weighted by Gasteiger charge is -2.40. The summed E-state index contributed by atoms with van der Waals surface area (Å²) in [7, 11) is 3.60. The normalized spacial score (nSPS) is 12.8. The SMILES string of the molecule is COC(C)(C)C(C)(C)O[B]c1cccc2c3ccccc3n(-c3cccc4oc5ccccc5c34)c12. The van der Waals surface area contributed by atoms with E-state index < -0.39 is 11.2 Å². The molecule has 36 heavy (non-hydrogen) atoms. The summed E-state index contributed by atoms with van der Waals surface area (Å²) < 4.78 is 20.7. The summed E-state index contributed by atoms with van der Waals surface area (Å²) in [5.74, 6) is 0. The van der Waals surface area contributed by atoms with Crippen molar-refractivity contribution in [3.05, 3.63) is 84.9 Å². The molecule has 5 heteroatoms. The minimum atomic E-state index is -0.540. The van der Waals surface area contributed by atoms with Crippen molar-refractivity contribution in [2.24, 2.45) is 0 Å². The largest absolute Gasteiger partial charge is 0.456 e. The Bertz CT molecular complexity index is 1740. The number of methoxy groups -OCH3 is 1. The predicted octanol–water partition coefficient (Wildman–Crippen LogP) is 7.15. The second-order valence-corrected chi connectivity index (χ2v) is 10.3. The van der Waals surface area contributed by atoms with Gasteiger partial charge in [0.05, 0.1) is 33.3 Å². The molecule has 0 aliphatic rings. The molecule has 0 N–H and O–H groups in total. The van der Waals surface area contributed by atoms with Crippen molar-refractivity contribution in [1.29, 1.82) is 0 Å². The van der Waals surface area contributed by atoms with E-state index >= 15 is 0 Å². The zero-order valence-electron chi connectivity index (χ0n) is 21.3. The molecule has 1 radical (unpaired) electrons. The van der Waals surface area contributed by atoms with Crippen LogP contribution in [0.4, 0.5) is 0 Å². The highest BCUT2D eigenvalue weighted by Gasteiger charge is 2.38. The van der Waals surface area contributed by atoms with E-state index in [0.29, 0.717) is 0 Å². The van der Waals surface area contributed by atoms with Gasteiger partial charge in [-0.25, -0.2) is 0 Å². The summed E-state index contributed by atoms with van der Waals surface area (Å²) in [6.45, 7) is 8.20. The van der Waals surface area contributed by atoms with Gasteiger partial charge < -0.3 is 18.4 Å². The molecule has 0 bridgehead atoms. The molecule has 6 aromatic rings. The minimum Gasteiger partial charge on any atom is -0.456 e. The Morgan fingerprint density at radius 2 is 1.36 bits per heavy atom. The first kappa shape index (κ1) is 22.9. The Hall–Kier alpha value is -3.54. The number of nitrogens with zero attached hydrogens (tertiary/aromatic N) is 1. The second-order valence-electron chi connectivity index (χ2n) is 10.3. The van der Waals surface area contributed by atoms with E-state index in [1.807, 2.05) is 39.5 Å². The molecule has 4 aromatic carbocycles. The molecule has 0 atom stereocenters. The third-order valence-corrected chi connectivity index (χ3v) is 7.79. The Morgan fingerprint density at radius 3 is 2.17 bits per heavy atom. The van der Waals surface area contributed by atoms with E-state index in [2.05, 4.69) is 85.1 Å². The third-order valence-electron chi connectivity index (χ3n) is 7.79. The van der Waals surface area contributed by atoms with Gasteiger partial charge in [0.25, 0.3) is 0 Å². The van der Waals surface area contributed by atoms with Crippen LogP contribution >= 0.6 is 0 Å². The summed E-state index contributed by atoms with van der Waals surface area (Å²) in [5.41, 5.74) is 5.09. The van der Waals surface area contributed by atoms with Gasteiger partial charge in [-0.1, -0.05) is 60.7 Å². The number of furan rings is 1. The van der Waals surface area contributed by atoms with Crippen LogP contribution in [0.2, 0.25) is 0 Å². The van der Waals surface area contributed by atoms with Crippen molar-refractivity contribution in [1.82, 2.24) is 4.57 Å². The fourth-order valence-electron chi connectivity index (χ4n) is 4.93. The summed E-state index contributed by atoms with van der Waals surface area (Å²) in [6.07, 6.45) is 0. The molecule has 0 spiro atoms. The Labute approximate surface area is 211 Å². The molecule has 0 saturated carbocycles. The number of hydrogen-bond acceptors (Lipinski definition) is 3.